The zero-order valence-electron chi connectivity index (χ0n) is 26.5. The molecule has 1 aliphatic heterocycles. The van der Waals surface area contributed by atoms with Crippen molar-refractivity contribution in [3.05, 3.63) is 94.4 Å². The average molecular weight is 633 g/mol. The van der Waals surface area contributed by atoms with E-state index in [0.29, 0.717) is 65.0 Å². The molecular weight excluding hydrogens is 596 g/mol. The molecule has 47 heavy (non-hydrogen) atoms. The molecule has 11 nitrogen and oxygen atoms in total. The largest absolute Gasteiger partial charge is 0.493 e. The Kier molecular flexibility index (Phi) is 8.99. The maximum atomic E-state index is 13.9. The summed E-state index contributed by atoms with van der Waals surface area (Å²) >= 11 is 0. The molecule has 0 radical (unpaired) electrons. The molecule has 11 heteroatoms. The molecule has 2 aromatic carbocycles. The van der Waals surface area contributed by atoms with E-state index in [4.69, 9.17) is 25.7 Å². The van der Waals surface area contributed by atoms with Crippen LogP contribution in [0, 0.1) is 12.8 Å². The van der Waals surface area contributed by atoms with Gasteiger partial charge in [-0.25, -0.2) is 4.98 Å². The molecule has 4 N–H and O–H groups in total. The van der Waals surface area contributed by atoms with E-state index in [9.17, 15) is 9.59 Å². The van der Waals surface area contributed by atoms with Gasteiger partial charge in [-0.05, 0) is 67.1 Å². The smallest absolute Gasteiger partial charge is 0.254 e. The number of carbonyl (C=O) groups excluding carboxylic acids is 1. The number of anilines is 1. The second kappa shape index (κ2) is 13.4. The topological polar surface area (TPSA) is 157 Å². The Balaban J connectivity index is 1.44. The van der Waals surface area contributed by atoms with Crippen molar-refractivity contribution in [2.75, 3.05) is 33.2 Å². The monoisotopic (exact) mass is 632 g/mol. The van der Waals surface area contributed by atoms with Crippen molar-refractivity contribution in [3.63, 3.8) is 0 Å². The van der Waals surface area contributed by atoms with Crippen molar-refractivity contribution in [1.29, 1.82) is 0 Å². The van der Waals surface area contributed by atoms with Crippen molar-refractivity contribution in [1.82, 2.24) is 19.7 Å². The normalized spacial score (nSPS) is 13.3. The van der Waals surface area contributed by atoms with E-state index >= 15 is 0 Å². The number of hydrogen-bond acceptors (Lipinski definition) is 9. The summed E-state index contributed by atoms with van der Waals surface area (Å²) in [5.74, 6) is 0.903. The standard InChI is InChI=1S/C36H36N6O5/c1-21-4-6-23(7-5-21)27-20-42(19-22-12-14-47-15-13-22)33(32(34(27)43)36(38)44)29-10-9-28(40-41-29)26-16-25(18-39-35(26)37)24-8-11-30(45-2)31(17-24)46-3/h4-11,16-18,20,22H,12-15,19H2,1-3H3,(H2,37,39)(H2,38,44). The summed E-state index contributed by atoms with van der Waals surface area (Å²) in [6.07, 6.45) is 5.18. The van der Waals surface area contributed by atoms with Crippen LogP contribution in [0.2, 0.25) is 0 Å². The van der Waals surface area contributed by atoms with Crippen LogP contribution in [0.3, 0.4) is 0 Å². The molecule has 240 valence electrons. The molecule has 1 aliphatic rings. The van der Waals surface area contributed by atoms with Crippen molar-refractivity contribution >= 4 is 11.7 Å². The fraction of sp³-hybridized carbons (Fsp3) is 0.250. The zero-order chi connectivity index (χ0) is 33.1. The van der Waals surface area contributed by atoms with Gasteiger partial charge in [0.05, 0.1) is 25.6 Å². The molecule has 0 aliphatic carbocycles. The van der Waals surface area contributed by atoms with Gasteiger partial charge in [0.2, 0.25) is 5.43 Å². The first-order valence-electron chi connectivity index (χ1n) is 15.3. The molecule has 4 heterocycles. The van der Waals surface area contributed by atoms with Gasteiger partial charge in [0.1, 0.15) is 17.1 Å². The Morgan fingerprint density at radius 1 is 0.894 bits per heavy atom. The van der Waals surface area contributed by atoms with Crippen molar-refractivity contribution < 1.29 is 19.0 Å². The average Bonchev–Trinajstić information content (AvgIpc) is 3.09. The highest BCUT2D eigenvalue weighted by Crippen LogP contribution is 2.35. The van der Waals surface area contributed by atoms with Gasteiger partial charge >= 0.3 is 0 Å². The van der Waals surface area contributed by atoms with Gasteiger partial charge in [-0.3, -0.25) is 9.59 Å². The van der Waals surface area contributed by atoms with E-state index in [1.165, 1.54) is 0 Å². The van der Waals surface area contributed by atoms with Gasteiger partial charge in [-0.15, -0.1) is 10.2 Å². The minimum absolute atomic E-state index is 0.131. The highest BCUT2D eigenvalue weighted by atomic mass is 16.5. The Labute approximate surface area is 272 Å². The lowest BCUT2D eigenvalue weighted by atomic mass is 9.97. The minimum atomic E-state index is -0.832. The van der Waals surface area contributed by atoms with Crippen LogP contribution in [-0.4, -0.2) is 53.1 Å². The molecule has 3 aromatic heterocycles. The van der Waals surface area contributed by atoms with Crippen LogP contribution in [0.1, 0.15) is 28.8 Å². The molecule has 1 amide bonds. The second-order valence-corrected chi connectivity index (χ2v) is 11.6. The quantitative estimate of drug-likeness (QED) is 0.225. The number of benzene rings is 2. The Hall–Kier alpha value is -5.55. The van der Waals surface area contributed by atoms with Crippen LogP contribution >= 0.6 is 0 Å². The second-order valence-electron chi connectivity index (χ2n) is 11.6. The third kappa shape index (κ3) is 6.43. The molecule has 0 spiro atoms. The highest BCUT2D eigenvalue weighted by molar-refractivity contribution is 5.99. The number of ether oxygens (including phenoxy) is 3. The van der Waals surface area contributed by atoms with Crippen molar-refractivity contribution in [3.8, 4) is 56.4 Å². The molecule has 1 fully saturated rings. The first-order chi connectivity index (χ1) is 22.8. The van der Waals surface area contributed by atoms with Crippen LogP contribution in [0.4, 0.5) is 5.82 Å². The minimum Gasteiger partial charge on any atom is -0.493 e. The number of hydrogen-bond donors (Lipinski definition) is 2. The maximum Gasteiger partial charge on any atom is 0.254 e. The molecule has 0 unspecified atom stereocenters. The summed E-state index contributed by atoms with van der Waals surface area (Å²) in [6, 6.07) is 18.5. The van der Waals surface area contributed by atoms with Crippen LogP contribution in [-0.2, 0) is 11.3 Å². The predicted octanol–water partition coefficient (Wildman–Crippen LogP) is 5.13. The molecule has 6 rings (SSSR count). The first kappa shape index (κ1) is 31.4. The number of rotatable bonds is 9. The Morgan fingerprint density at radius 2 is 1.57 bits per heavy atom. The number of nitrogens with zero attached hydrogens (tertiary/aromatic N) is 4. The number of aryl methyl sites for hydroxylation is 1. The third-order valence-electron chi connectivity index (χ3n) is 8.50. The number of amides is 1. The maximum absolute atomic E-state index is 13.9. The lowest BCUT2D eigenvalue weighted by Crippen LogP contribution is -2.29. The Bertz CT molecular complexity index is 1980. The summed E-state index contributed by atoms with van der Waals surface area (Å²) < 4.78 is 18.3. The summed E-state index contributed by atoms with van der Waals surface area (Å²) in [7, 11) is 3.16. The number of pyridine rings is 2. The van der Waals surface area contributed by atoms with Crippen molar-refractivity contribution in [2.24, 2.45) is 11.7 Å². The number of carbonyl (C=O) groups is 1. The van der Waals surface area contributed by atoms with E-state index in [-0.39, 0.29) is 17.3 Å². The van der Waals surface area contributed by atoms with E-state index < -0.39 is 11.3 Å². The van der Waals surface area contributed by atoms with Crippen LogP contribution in [0.15, 0.2) is 77.9 Å². The van der Waals surface area contributed by atoms with Gasteiger partial charge in [0.15, 0.2) is 11.5 Å². The van der Waals surface area contributed by atoms with E-state index in [0.717, 1.165) is 29.5 Å². The van der Waals surface area contributed by atoms with Crippen LogP contribution in [0.25, 0.3) is 44.9 Å². The molecule has 5 aromatic rings. The van der Waals surface area contributed by atoms with Crippen LogP contribution < -0.4 is 26.4 Å². The summed E-state index contributed by atoms with van der Waals surface area (Å²) in [4.78, 5) is 31.3. The number of aromatic nitrogens is 4. The summed E-state index contributed by atoms with van der Waals surface area (Å²) in [5.41, 5.74) is 17.1. The molecule has 0 saturated carbocycles. The number of methoxy groups -OCH3 is 2. The number of nitrogens with two attached hydrogens (primary N) is 2. The fourth-order valence-corrected chi connectivity index (χ4v) is 5.91. The summed E-state index contributed by atoms with van der Waals surface area (Å²) in [6.45, 7) is 3.83. The Morgan fingerprint density at radius 3 is 2.23 bits per heavy atom. The van der Waals surface area contributed by atoms with Crippen molar-refractivity contribution in [2.45, 2.75) is 26.3 Å². The first-order valence-corrected chi connectivity index (χ1v) is 15.3. The third-order valence-corrected chi connectivity index (χ3v) is 8.50. The number of primary amides is 1. The predicted molar refractivity (Wildman–Crippen MR) is 180 cm³/mol. The lowest BCUT2D eigenvalue weighted by molar-refractivity contribution is 0.0613. The molecular formula is C36H36N6O5. The van der Waals surface area contributed by atoms with E-state index in [1.54, 1.807) is 38.7 Å². The van der Waals surface area contributed by atoms with Crippen LogP contribution in [0.5, 0.6) is 11.5 Å². The fourth-order valence-electron chi connectivity index (χ4n) is 5.91. The molecule has 1 saturated heterocycles. The SMILES string of the molecule is COc1ccc(-c2cnc(N)c(-c3ccc(-c4c(C(N)=O)c(=O)c(-c5ccc(C)cc5)cn4CC4CCOCC4)nn3)c2)cc1OC. The molecule has 0 bridgehead atoms. The van der Waals surface area contributed by atoms with Gasteiger partial charge in [-0.2, -0.15) is 0 Å². The van der Waals surface area contributed by atoms with E-state index in [1.807, 2.05) is 60.0 Å². The zero-order valence-corrected chi connectivity index (χ0v) is 26.5. The van der Waals surface area contributed by atoms with Gasteiger partial charge in [0.25, 0.3) is 5.91 Å². The van der Waals surface area contributed by atoms with Gasteiger partial charge < -0.3 is 30.2 Å². The summed E-state index contributed by atoms with van der Waals surface area (Å²) in [5, 5.41) is 9.00. The van der Waals surface area contributed by atoms with Gasteiger partial charge in [0, 0.05) is 48.8 Å². The highest BCUT2D eigenvalue weighted by Gasteiger charge is 2.25. The molecule has 0 atom stereocenters. The number of nitrogen functional groups attached to an aromatic ring is 1. The van der Waals surface area contributed by atoms with E-state index in [2.05, 4.69) is 15.2 Å². The van der Waals surface area contributed by atoms with Gasteiger partial charge in [-0.1, -0.05) is 35.9 Å². The lowest BCUT2D eigenvalue weighted by Gasteiger charge is -2.26.